The summed E-state index contributed by atoms with van der Waals surface area (Å²) in [5.41, 5.74) is 2.25. The molecule has 2 N–H and O–H groups in total. The van der Waals surface area contributed by atoms with Crippen LogP contribution in [-0.4, -0.2) is 53.1 Å². The van der Waals surface area contributed by atoms with Crippen molar-refractivity contribution in [3.05, 3.63) is 48.1 Å². The second-order valence-electron chi connectivity index (χ2n) is 8.12. The second-order valence-corrected chi connectivity index (χ2v) is 8.12. The van der Waals surface area contributed by atoms with Crippen LogP contribution in [0.1, 0.15) is 25.0 Å². The number of likely N-dealkylation sites (tertiary alicyclic amines) is 1. The number of aromatic hydroxyl groups is 1. The number of phenols is 1. The van der Waals surface area contributed by atoms with Gasteiger partial charge >= 0.3 is 0 Å². The van der Waals surface area contributed by atoms with Gasteiger partial charge in [-0.2, -0.15) is 0 Å². The van der Waals surface area contributed by atoms with Crippen molar-refractivity contribution in [3.8, 4) is 11.5 Å². The molecule has 6 atom stereocenters. The molecular weight excluding hydrogens is 314 g/mol. The van der Waals surface area contributed by atoms with Crippen molar-refractivity contribution < 1.29 is 19.4 Å². The number of quaternary nitrogens is 1. The van der Waals surface area contributed by atoms with Crippen molar-refractivity contribution >= 4 is 0 Å². The summed E-state index contributed by atoms with van der Waals surface area (Å²) in [6.07, 6.45) is 7.20. The fourth-order valence-electron chi connectivity index (χ4n) is 6.02. The third kappa shape index (κ3) is 1.79. The van der Waals surface area contributed by atoms with Crippen LogP contribution >= 0.6 is 0 Å². The van der Waals surface area contributed by atoms with Crippen molar-refractivity contribution in [2.24, 2.45) is 5.92 Å². The van der Waals surface area contributed by atoms with Gasteiger partial charge in [-0.1, -0.05) is 32.2 Å². The first-order chi connectivity index (χ1) is 11.5. The number of likely N-dealkylation sites (N-methyl/N-ethyl adjacent to an activating group) is 1. The molecule has 25 heavy (non-hydrogen) atoms. The van der Waals surface area contributed by atoms with Crippen molar-refractivity contribution in [2.75, 3.05) is 20.1 Å². The fraction of sp³-hybridized carbons (Fsp3) is 0.524. The summed E-state index contributed by atoms with van der Waals surface area (Å²) in [4.78, 5) is 0. The lowest BCUT2D eigenvalue weighted by molar-refractivity contribution is -0.938. The summed E-state index contributed by atoms with van der Waals surface area (Å²) in [6.45, 7) is 5.97. The topological polar surface area (TPSA) is 49.7 Å². The summed E-state index contributed by atoms with van der Waals surface area (Å²) >= 11 is 0. The predicted octanol–water partition coefficient (Wildman–Crippen LogP) is 2.54. The van der Waals surface area contributed by atoms with Gasteiger partial charge in [0.25, 0.3) is 0 Å². The van der Waals surface area contributed by atoms with E-state index in [1.54, 1.807) is 6.07 Å². The minimum absolute atomic E-state index is 0. The minimum Gasteiger partial charge on any atom is -0.504 e. The molecule has 2 unspecified atom stereocenters. The molecule has 1 fully saturated rings. The highest BCUT2D eigenvalue weighted by molar-refractivity contribution is 5.61. The van der Waals surface area contributed by atoms with Crippen LogP contribution in [0, 0.1) is 5.92 Å². The average molecular weight is 342 g/mol. The molecule has 4 heteroatoms. The third-order valence-corrected chi connectivity index (χ3v) is 7.09. The third-order valence-electron chi connectivity index (χ3n) is 7.09. The molecule has 5 rings (SSSR count). The molecular formula is C21H28NO3+. The van der Waals surface area contributed by atoms with E-state index in [9.17, 15) is 10.2 Å². The molecule has 2 aliphatic carbocycles. The first-order valence-corrected chi connectivity index (χ1v) is 8.85. The van der Waals surface area contributed by atoms with Crippen LogP contribution in [0.5, 0.6) is 11.5 Å². The van der Waals surface area contributed by atoms with Gasteiger partial charge in [-0.05, 0) is 17.7 Å². The van der Waals surface area contributed by atoms with E-state index in [4.69, 9.17) is 4.74 Å². The van der Waals surface area contributed by atoms with Gasteiger partial charge in [0, 0.05) is 24.3 Å². The van der Waals surface area contributed by atoms with Gasteiger partial charge in [0.1, 0.15) is 18.2 Å². The van der Waals surface area contributed by atoms with Crippen molar-refractivity contribution in [3.63, 3.8) is 0 Å². The standard InChI is InChI=1S/C20H23NO3.CH4/c1-3-9-21(2)10-8-20-13-5-7-16(23)19(20)24-18-15(22)6-4-12(17(18)20)11-14(13)21;/h3-7,13-14,16,19,23H,1,8-11H2,2H3;1H4/p+1/t13?,14-,16+,19+,20+,21?;/m1./s1. The lowest BCUT2D eigenvalue weighted by atomic mass is 9.52. The summed E-state index contributed by atoms with van der Waals surface area (Å²) < 4.78 is 7.16. The Bertz CT molecular complexity index is 773. The highest BCUT2D eigenvalue weighted by Crippen LogP contribution is 2.63. The van der Waals surface area contributed by atoms with Crippen molar-refractivity contribution in [1.82, 2.24) is 0 Å². The van der Waals surface area contributed by atoms with E-state index >= 15 is 0 Å². The highest BCUT2D eigenvalue weighted by atomic mass is 16.5. The number of ether oxygens (including phenoxy) is 1. The average Bonchev–Trinajstić information content (AvgIpc) is 2.91. The summed E-state index contributed by atoms with van der Waals surface area (Å²) in [5.74, 6) is 1.15. The summed E-state index contributed by atoms with van der Waals surface area (Å²) in [7, 11) is 2.33. The maximum Gasteiger partial charge on any atom is 0.165 e. The molecule has 1 aromatic rings. The molecule has 4 nitrogen and oxygen atoms in total. The second kappa shape index (κ2) is 5.12. The molecule has 2 bridgehead atoms. The summed E-state index contributed by atoms with van der Waals surface area (Å²) in [5, 5.41) is 20.9. The van der Waals surface area contributed by atoms with Crippen LogP contribution in [0.3, 0.4) is 0 Å². The van der Waals surface area contributed by atoms with Gasteiger partial charge in [0.15, 0.2) is 11.5 Å². The first-order valence-electron chi connectivity index (χ1n) is 8.85. The largest absolute Gasteiger partial charge is 0.504 e. The van der Waals surface area contributed by atoms with Gasteiger partial charge in [0.2, 0.25) is 0 Å². The number of hydrogen-bond acceptors (Lipinski definition) is 3. The smallest absolute Gasteiger partial charge is 0.165 e. The van der Waals surface area contributed by atoms with Crippen LogP contribution in [0.4, 0.5) is 0 Å². The van der Waals surface area contributed by atoms with Crippen LogP contribution in [-0.2, 0) is 11.8 Å². The molecule has 4 aliphatic rings. The predicted molar refractivity (Wildman–Crippen MR) is 97.8 cm³/mol. The molecule has 0 amide bonds. The zero-order valence-electron chi connectivity index (χ0n) is 14.0. The number of aliphatic hydroxyl groups excluding tert-OH is 1. The maximum atomic E-state index is 10.6. The van der Waals surface area contributed by atoms with E-state index in [-0.39, 0.29) is 24.7 Å². The van der Waals surface area contributed by atoms with E-state index < -0.39 is 6.10 Å². The van der Waals surface area contributed by atoms with E-state index in [0.717, 1.165) is 30.4 Å². The molecule has 0 aromatic heterocycles. The quantitative estimate of drug-likeness (QED) is 0.641. The number of phenolic OH excluding ortho intramolecular Hbond substituents is 1. The monoisotopic (exact) mass is 342 g/mol. The molecule has 2 heterocycles. The van der Waals surface area contributed by atoms with E-state index in [0.29, 0.717) is 17.7 Å². The number of aliphatic hydroxyl groups is 1. The Morgan fingerprint density at radius 2 is 2.20 bits per heavy atom. The van der Waals surface area contributed by atoms with Gasteiger partial charge in [-0.25, -0.2) is 0 Å². The molecule has 0 radical (unpaired) electrons. The first kappa shape index (κ1) is 16.7. The Kier molecular flexibility index (Phi) is 3.41. The lowest BCUT2D eigenvalue weighted by Crippen LogP contribution is -2.71. The van der Waals surface area contributed by atoms with Gasteiger partial charge in [-0.15, -0.1) is 0 Å². The summed E-state index contributed by atoms with van der Waals surface area (Å²) in [6, 6.07) is 4.25. The fourth-order valence-corrected chi connectivity index (χ4v) is 6.02. The number of nitrogens with zero attached hydrogens (tertiary/aromatic N) is 1. The molecule has 1 spiro atoms. The van der Waals surface area contributed by atoms with Crippen molar-refractivity contribution in [2.45, 2.75) is 43.9 Å². The van der Waals surface area contributed by atoms with Gasteiger partial charge in [-0.3, -0.25) is 0 Å². The van der Waals surface area contributed by atoms with E-state index in [1.165, 1.54) is 11.1 Å². The van der Waals surface area contributed by atoms with Crippen LogP contribution in [0.25, 0.3) is 0 Å². The van der Waals surface area contributed by atoms with Crippen LogP contribution < -0.4 is 4.74 Å². The van der Waals surface area contributed by atoms with Crippen LogP contribution in [0.15, 0.2) is 36.9 Å². The van der Waals surface area contributed by atoms with Crippen LogP contribution in [0.2, 0.25) is 0 Å². The Morgan fingerprint density at radius 3 is 2.96 bits per heavy atom. The van der Waals surface area contributed by atoms with E-state index in [2.05, 4.69) is 25.8 Å². The molecule has 134 valence electrons. The Balaban J connectivity index is 0.00000157. The highest BCUT2D eigenvalue weighted by Gasteiger charge is 2.67. The Morgan fingerprint density at radius 1 is 1.40 bits per heavy atom. The molecule has 0 saturated carbocycles. The molecule has 1 saturated heterocycles. The minimum atomic E-state index is -0.615. The van der Waals surface area contributed by atoms with Gasteiger partial charge in [0.05, 0.1) is 25.6 Å². The van der Waals surface area contributed by atoms with E-state index in [1.807, 2.05) is 12.2 Å². The number of rotatable bonds is 2. The number of benzene rings is 1. The van der Waals surface area contributed by atoms with Crippen molar-refractivity contribution in [1.29, 1.82) is 0 Å². The number of hydrogen-bond donors (Lipinski definition) is 2. The Hall–Kier alpha value is -1.78. The molecule has 2 aliphatic heterocycles. The normalized spacial score (nSPS) is 42.2. The van der Waals surface area contributed by atoms with Gasteiger partial charge < -0.3 is 19.4 Å². The molecule has 1 aromatic carbocycles. The Labute approximate surface area is 149 Å². The zero-order chi connectivity index (χ0) is 16.7. The number of piperidine rings is 1. The SMILES string of the molecule is C.C=CC[N+]1(C)CC[C@]23c4c5ccc(O)c4O[C@H]2[C@@H](O)C=CC3[C@H]1C5. The maximum absolute atomic E-state index is 10.6. The lowest BCUT2D eigenvalue weighted by Gasteiger charge is -2.59. The zero-order valence-corrected chi connectivity index (χ0v) is 14.0.